The lowest BCUT2D eigenvalue weighted by atomic mass is 9.82. The number of ether oxygens (including phenoxy) is 4. The van der Waals surface area contributed by atoms with Crippen LogP contribution in [0.4, 0.5) is 20.7 Å². The molecule has 13 heteroatoms. The minimum absolute atomic E-state index is 0.00300. The second-order valence-corrected chi connectivity index (χ2v) is 11.9. The summed E-state index contributed by atoms with van der Waals surface area (Å²) in [6.45, 7) is 6.06. The third-order valence-electron chi connectivity index (χ3n) is 7.22. The topological polar surface area (TPSA) is 133 Å². The van der Waals surface area contributed by atoms with E-state index >= 15 is 0 Å². The van der Waals surface area contributed by atoms with Crippen LogP contribution in [0.2, 0.25) is 5.02 Å². The Kier molecular flexibility index (Phi) is 11.0. The molecule has 4 rings (SSSR count). The molecule has 0 radical (unpaired) electrons. The van der Waals surface area contributed by atoms with E-state index in [1.54, 1.807) is 52.1 Å². The van der Waals surface area contributed by atoms with E-state index in [0.29, 0.717) is 54.2 Å². The molecule has 1 aliphatic rings. The largest absolute Gasteiger partial charge is 0.493 e. The van der Waals surface area contributed by atoms with Gasteiger partial charge in [0.2, 0.25) is 0 Å². The highest BCUT2D eigenvalue weighted by molar-refractivity contribution is 6.31. The van der Waals surface area contributed by atoms with E-state index in [0.717, 1.165) is 12.8 Å². The smallest absolute Gasteiger partial charge is 0.407 e. The number of hydrogen-bond donors (Lipinski definition) is 3. The first-order chi connectivity index (χ1) is 21.0. The highest BCUT2D eigenvalue weighted by atomic mass is 35.5. The molecule has 1 fully saturated rings. The third-order valence-corrected chi connectivity index (χ3v) is 7.51. The van der Waals surface area contributed by atoms with Crippen molar-refractivity contribution in [3.63, 3.8) is 0 Å². The summed E-state index contributed by atoms with van der Waals surface area (Å²) in [6, 6.07) is 7.70. The molecule has 0 aliphatic heterocycles. The number of nitrogens with zero attached hydrogens (tertiary/aromatic N) is 2. The predicted octanol–water partition coefficient (Wildman–Crippen LogP) is 5.77. The fourth-order valence-corrected chi connectivity index (χ4v) is 5.31. The van der Waals surface area contributed by atoms with Crippen molar-refractivity contribution < 1.29 is 32.9 Å². The summed E-state index contributed by atoms with van der Waals surface area (Å²) < 4.78 is 36.9. The summed E-state index contributed by atoms with van der Waals surface area (Å²) >= 11 is 5.96. The average Bonchev–Trinajstić information content (AvgIpc) is 2.98. The molecule has 1 amide bonds. The maximum atomic E-state index is 14.6. The quantitative estimate of drug-likeness (QED) is 0.177. The van der Waals surface area contributed by atoms with Crippen LogP contribution in [-0.2, 0) is 14.3 Å². The van der Waals surface area contributed by atoms with Crippen molar-refractivity contribution in [3.05, 3.63) is 47.5 Å². The Labute approximate surface area is 261 Å². The van der Waals surface area contributed by atoms with Crippen LogP contribution >= 0.6 is 11.6 Å². The van der Waals surface area contributed by atoms with Gasteiger partial charge in [0.25, 0.3) is 0 Å². The number of aromatic nitrogens is 2. The van der Waals surface area contributed by atoms with Crippen molar-refractivity contribution in [1.29, 1.82) is 0 Å². The van der Waals surface area contributed by atoms with Gasteiger partial charge in [-0.05, 0) is 70.6 Å². The molecule has 1 atom stereocenters. The molecule has 0 unspecified atom stereocenters. The third kappa shape index (κ3) is 8.60. The first kappa shape index (κ1) is 33.0. The molecule has 1 aliphatic carbocycles. The standard InChI is InChI=1S/C31H39ClFN5O6/c1-31(2,3)44-30(40)35-14-13-34-27(29(39)42-5)18-9-11-19(12-10-18)43-25-15-20-23(16-24(25)41-4)36-17-37-28(20)38-22-8-6-7-21(32)26(22)33/h6-8,15-19,27,34H,9-14H2,1-5H3,(H,35,40)(H,36,37,38)/t18?,19?,27-/m0/s1. The number of hydrogen-bond acceptors (Lipinski definition) is 10. The number of alkyl carbamates (subject to hydrolysis) is 1. The number of halogens is 2. The number of carbonyl (C=O) groups is 2. The first-order valence-electron chi connectivity index (χ1n) is 14.5. The number of nitrogens with one attached hydrogen (secondary N) is 3. The van der Waals surface area contributed by atoms with Crippen LogP contribution in [0, 0.1) is 11.7 Å². The Balaban J connectivity index is 1.40. The van der Waals surface area contributed by atoms with Crippen LogP contribution in [0.25, 0.3) is 10.9 Å². The highest BCUT2D eigenvalue weighted by Gasteiger charge is 2.33. The van der Waals surface area contributed by atoms with E-state index < -0.39 is 23.6 Å². The van der Waals surface area contributed by atoms with E-state index in [1.807, 2.05) is 0 Å². The molecule has 44 heavy (non-hydrogen) atoms. The van der Waals surface area contributed by atoms with Gasteiger partial charge in [-0.15, -0.1) is 0 Å². The molecule has 11 nitrogen and oxygen atoms in total. The van der Waals surface area contributed by atoms with Gasteiger partial charge in [-0.2, -0.15) is 0 Å². The van der Waals surface area contributed by atoms with Gasteiger partial charge in [0.15, 0.2) is 17.3 Å². The molecule has 0 spiro atoms. The Hall–Kier alpha value is -3.90. The molecule has 1 heterocycles. The molecule has 3 N–H and O–H groups in total. The van der Waals surface area contributed by atoms with E-state index in [4.69, 9.17) is 30.5 Å². The number of carbonyl (C=O) groups excluding carboxylic acids is 2. The second kappa shape index (κ2) is 14.7. The van der Waals surface area contributed by atoms with Gasteiger partial charge in [-0.1, -0.05) is 17.7 Å². The lowest BCUT2D eigenvalue weighted by Gasteiger charge is -2.33. The zero-order valence-electron chi connectivity index (χ0n) is 25.5. The maximum absolute atomic E-state index is 14.6. The van der Waals surface area contributed by atoms with Gasteiger partial charge >= 0.3 is 12.1 Å². The molecule has 1 saturated carbocycles. The Morgan fingerprint density at radius 2 is 1.82 bits per heavy atom. The van der Waals surface area contributed by atoms with Crippen molar-refractivity contribution in [3.8, 4) is 11.5 Å². The maximum Gasteiger partial charge on any atom is 0.407 e. The number of benzene rings is 2. The van der Waals surface area contributed by atoms with Crippen molar-refractivity contribution in [2.24, 2.45) is 5.92 Å². The summed E-state index contributed by atoms with van der Waals surface area (Å²) in [4.78, 5) is 33.2. The van der Waals surface area contributed by atoms with Gasteiger partial charge in [0, 0.05) is 24.5 Å². The number of esters is 1. The summed E-state index contributed by atoms with van der Waals surface area (Å²) in [7, 11) is 2.92. The van der Waals surface area contributed by atoms with E-state index in [-0.39, 0.29) is 28.7 Å². The minimum atomic E-state index is -0.590. The van der Waals surface area contributed by atoms with E-state index in [9.17, 15) is 14.0 Å². The monoisotopic (exact) mass is 631 g/mol. The first-order valence-corrected chi connectivity index (χ1v) is 14.9. The lowest BCUT2D eigenvalue weighted by molar-refractivity contribution is -0.145. The van der Waals surface area contributed by atoms with Gasteiger partial charge < -0.3 is 34.9 Å². The van der Waals surface area contributed by atoms with Crippen molar-refractivity contribution in [1.82, 2.24) is 20.6 Å². The zero-order valence-corrected chi connectivity index (χ0v) is 26.3. The van der Waals surface area contributed by atoms with E-state index in [1.165, 1.54) is 19.5 Å². The Morgan fingerprint density at radius 3 is 2.50 bits per heavy atom. The predicted molar refractivity (Wildman–Crippen MR) is 165 cm³/mol. The number of fused-ring (bicyclic) bond motifs is 1. The minimum Gasteiger partial charge on any atom is -0.493 e. The van der Waals surface area contributed by atoms with Gasteiger partial charge in [0.05, 0.1) is 36.6 Å². The number of rotatable bonds is 11. The SMILES string of the molecule is COC(=O)[C@@H](NCCNC(=O)OC(C)(C)C)C1CCC(Oc2cc3c(Nc4cccc(Cl)c4F)ncnc3cc2OC)CC1. The molecule has 1 aromatic heterocycles. The van der Waals surface area contributed by atoms with Crippen molar-refractivity contribution in [2.45, 2.75) is 64.2 Å². The molecular weight excluding hydrogens is 593 g/mol. The Bertz CT molecular complexity index is 1460. The molecule has 2 aromatic carbocycles. The van der Waals surface area contributed by atoms with E-state index in [2.05, 4.69) is 25.9 Å². The number of anilines is 2. The van der Waals surface area contributed by atoms with Crippen LogP contribution < -0.4 is 25.4 Å². The summed E-state index contributed by atoms with van der Waals surface area (Å²) in [5.41, 5.74) is 0.182. The van der Waals surface area contributed by atoms with Gasteiger partial charge in [0.1, 0.15) is 23.8 Å². The number of methoxy groups -OCH3 is 2. The molecule has 0 bridgehead atoms. The molecule has 0 saturated heterocycles. The summed E-state index contributed by atoms with van der Waals surface area (Å²) in [6.07, 6.45) is 3.57. The van der Waals surface area contributed by atoms with Crippen LogP contribution in [-0.4, -0.2) is 67.1 Å². The zero-order chi connectivity index (χ0) is 31.9. The average molecular weight is 632 g/mol. The lowest BCUT2D eigenvalue weighted by Crippen LogP contribution is -2.48. The Morgan fingerprint density at radius 1 is 1.07 bits per heavy atom. The van der Waals surface area contributed by atoms with Crippen LogP contribution in [0.1, 0.15) is 46.5 Å². The van der Waals surface area contributed by atoms with Crippen LogP contribution in [0.15, 0.2) is 36.7 Å². The fraction of sp³-hybridized carbons (Fsp3) is 0.484. The van der Waals surface area contributed by atoms with Crippen LogP contribution in [0.5, 0.6) is 11.5 Å². The highest BCUT2D eigenvalue weighted by Crippen LogP contribution is 2.38. The number of amides is 1. The van der Waals surface area contributed by atoms with Gasteiger partial charge in [-0.3, -0.25) is 4.79 Å². The summed E-state index contributed by atoms with van der Waals surface area (Å²) in [5, 5.41) is 9.54. The molecule has 3 aromatic rings. The van der Waals surface area contributed by atoms with Gasteiger partial charge in [-0.25, -0.2) is 19.2 Å². The fourth-order valence-electron chi connectivity index (χ4n) is 5.14. The second-order valence-electron chi connectivity index (χ2n) is 11.5. The molecular formula is C31H39ClFN5O6. The van der Waals surface area contributed by atoms with Crippen molar-refractivity contribution in [2.75, 3.05) is 32.6 Å². The van der Waals surface area contributed by atoms with Crippen LogP contribution in [0.3, 0.4) is 0 Å². The van der Waals surface area contributed by atoms with Crippen molar-refractivity contribution >= 4 is 46.1 Å². The normalized spacial score (nSPS) is 17.4. The summed E-state index contributed by atoms with van der Waals surface area (Å²) in [5.74, 6) is 0.494. The molecule has 238 valence electrons.